The first kappa shape index (κ1) is 19.0. The third kappa shape index (κ3) is 3.05. The predicted octanol–water partition coefficient (Wildman–Crippen LogP) is 0.816. The SMILES string of the molecule is CN1CCn2c(c(O)c3c(=O)n(Cc4ccc(F)cc4)nc(Cn4cncn4)c32)C1=O. The molecule has 31 heavy (non-hydrogen) atoms. The molecule has 0 atom stereocenters. The molecule has 0 unspecified atom stereocenters. The molecule has 11 heteroatoms. The molecular formula is C20H18FN7O3. The van der Waals surface area contributed by atoms with Crippen molar-refractivity contribution in [2.45, 2.75) is 19.6 Å². The molecule has 0 aliphatic carbocycles. The standard InChI is InChI=1S/C20H18FN7O3/c1-25-6-7-27-16-14(9-26-11-22-10-23-26)24-28(8-12-2-4-13(21)5-3-12)19(30)15(16)18(29)17(27)20(25)31/h2-5,10-11,29H,6-9H2,1H3. The van der Waals surface area contributed by atoms with Crippen LogP contribution >= 0.6 is 0 Å². The van der Waals surface area contributed by atoms with Gasteiger partial charge in [0.25, 0.3) is 11.5 Å². The Morgan fingerprint density at radius 3 is 2.61 bits per heavy atom. The van der Waals surface area contributed by atoms with Crippen LogP contribution in [-0.4, -0.2) is 58.6 Å². The van der Waals surface area contributed by atoms with Gasteiger partial charge >= 0.3 is 0 Å². The fourth-order valence-electron chi connectivity index (χ4n) is 3.89. The van der Waals surface area contributed by atoms with Gasteiger partial charge < -0.3 is 14.6 Å². The monoisotopic (exact) mass is 423 g/mol. The van der Waals surface area contributed by atoms with Gasteiger partial charge in [-0.2, -0.15) is 10.2 Å². The number of fused-ring (bicyclic) bond motifs is 3. The first-order valence-electron chi connectivity index (χ1n) is 9.61. The Labute approximate surface area is 174 Å². The van der Waals surface area contributed by atoms with Gasteiger partial charge in [-0.15, -0.1) is 0 Å². The Hall–Kier alpha value is -4.02. The van der Waals surface area contributed by atoms with Crippen molar-refractivity contribution < 1.29 is 14.3 Å². The molecule has 1 aromatic carbocycles. The van der Waals surface area contributed by atoms with Crippen molar-refractivity contribution in [3.8, 4) is 5.75 Å². The van der Waals surface area contributed by atoms with Crippen LogP contribution in [0.5, 0.6) is 5.75 Å². The summed E-state index contributed by atoms with van der Waals surface area (Å²) in [6.45, 7) is 1.12. The normalized spacial score (nSPS) is 13.7. The number of nitrogens with zero attached hydrogens (tertiary/aromatic N) is 7. The molecule has 10 nitrogen and oxygen atoms in total. The van der Waals surface area contributed by atoms with Crippen molar-refractivity contribution in [2.24, 2.45) is 0 Å². The summed E-state index contributed by atoms with van der Waals surface area (Å²) in [5.41, 5.74) is 1.07. The van der Waals surface area contributed by atoms with Gasteiger partial charge in [0.05, 0.1) is 18.6 Å². The largest absolute Gasteiger partial charge is 0.505 e. The molecule has 0 fully saturated rings. The highest BCUT2D eigenvalue weighted by atomic mass is 19.1. The highest BCUT2D eigenvalue weighted by molar-refractivity contribution is 6.04. The molecule has 3 aromatic heterocycles. The molecule has 0 spiro atoms. The molecule has 0 saturated carbocycles. The van der Waals surface area contributed by atoms with Crippen LogP contribution in [0.1, 0.15) is 21.7 Å². The Kier molecular flexibility index (Phi) is 4.31. The van der Waals surface area contributed by atoms with Gasteiger partial charge in [-0.1, -0.05) is 12.1 Å². The highest BCUT2D eigenvalue weighted by Crippen LogP contribution is 2.34. The second-order valence-electron chi connectivity index (χ2n) is 7.43. The molecule has 158 valence electrons. The van der Waals surface area contributed by atoms with Crippen molar-refractivity contribution >= 4 is 16.8 Å². The van der Waals surface area contributed by atoms with E-state index in [4.69, 9.17) is 0 Å². The summed E-state index contributed by atoms with van der Waals surface area (Å²) < 4.78 is 17.7. The van der Waals surface area contributed by atoms with E-state index in [9.17, 15) is 19.1 Å². The number of carbonyl (C=O) groups is 1. The van der Waals surface area contributed by atoms with Crippen LogP contribution in [0.15, 0.2) is 41.7 Å². The second-order valence-corrected chi connectivity index (χ2v) is 7.43. The molecule has 0 bridgehead atoms. The molecule has 1 N–H and O–H groups in total. The highest BCUT2D eigenvalue weighted by Gasteiger charge is 2.32. The van der Waals surface area contributed by atoms with Crippen LogP contribution in [0.4, 0.5) is 4.39 Å². The van der Waals surface area contributed by atoms with Gasteiger partial charge in [-0.3, -0.25) is 9.59 Å². The number of likely N-dealkylation sites (N-methyl/N-ethyl adjacent to an activating group) is 1. The molecule has 1 amide bonds. The van der Waals surface area contributed by atoms with E-state index in [-0.39, 0.29) is 41.6 Å². The lowest BCUT2D eigenvalue weighted by Gasteiger charge is -2.25. The third-order valence-electron chi connectivity index (χ3n) is 5.43. The molecule has 1 aliphatic rings. The molecule has 4 heterocycles. The molecule has 0 saturated heterocycles. The van der Waals surface area contributed by atoms with E-state index in [0.29, 0.717) is 29.9 Å². The van der Waals surface area contributed by atoms with E-state index in [0.717, 1.165) is 0 Å². The summed E-state index contributed by atoms with van der Waals surface area (Å²) in [5.74, 6) is -1.10. The average molecular weight is 423 g/mol. The van der Waals surface area contributed by atoms with E-state index in [1.807, 2.05) is 0 Å². The minimum atomic E-state index is -0.531. The zero-order chi connectivity index (χ0) is 21.7. The summed E-state index contributed by atoms with van der Waals surface area (Å²) >= 11 is 0. The van der Waals surface area contributed by atoms with Crippen LogP contribution in [0.3, 0.4) is 0 Å². The summed E-state index contributed by atoms with van der Waals surface area (Å²) in [6.07, 6.45) is 2.90. The predicted molar refractivity (Wildman–Crippen MR) is 107 cm³/mol. The minimum absolute atomic E-state index is 0.0332. The summed E-state index contributed by atoms with van der Waals surface area (Å²) in [4.78, 5) is 31.4. The van der Waals surface area contributed by atoms with E-state index in [2.05, 4.69) is 15.2 Å². The lowest BCUT2D eigenvalue weighted by molar-refractivity contribution is 0.0747. The van der Waals surface area contributed by atoms with Gasteiger partial charge in [-0.05, 0) is 17.7 Å². The maximum Gasteiger partial charge on any atom is 0.280 e. The quantitative estimate of drug-likeness (QED) is 0.520. The smallest absolute Gasteiger partial charge is 0.280 e. The van der Waals surface area contributed by atoms with Gasteiger partial charge in [0, 0.05) is 20.1 Å². The Morgan fingerprint density at radius 1 is 1.13 bits per heavy atom. The number of hydrogen-bond acceptors (Lipinski definition) is 6. The Balaban J connectivity index is 1.75. The van der Waals surface area contributed by atoms with Crippen molar-refractivity contribution in [1.29, 1.82) is 0 Å². The lowest BCUT2D eigenvalue weighted by Crippen LogP contribution is -2.37. The van der Waals surface area contributed by atoms with Crippen molar-refractivity contribution in [3.05, 3.63) is 70.0 Å². The summed E-state index contributed by atoms with van der Waals surface area (Å²) in [6, 6.07) is 5.73. The first-order chi connectivity index (χ1) is 14.9. The average Bonchev–Trinajstić information content (AvgIpc) is 3.36. The van der Waals surface area contributed by atoms with Crippen LogP contribution in [0.25, 0.3) is 10.9 Å². The maximum atomic E-state index is 13.3. The second kappa shape index (κ2) is 7.04. The number of halogens is 1. The van der Waals surface area contributed by atoms with Gasteiger partial charge in [0.1, 0.15) is 29.6 Å². The first-order valence-corrected chi connectivity index (χ1v) is 9.61. The van der Waals surface area contributed by atoms with Crippen LogP contribution < -0.4 is 5.56 Å². The number of rotatable bonds is 4. The van der Waals surface area contributed by atoms with E-state index >= 15 is 0 Å². The zero-order valence-corrected chi connectivity index (χ0v) is 16.6. The zero-order valence-electron chi connectivity index (χ0n) is 16.6. The lowest BCUT2D eigenvalue weighted by atomic mass is 10.2. The number of amides is 1. The molecular weight excluding hydrogens is 405 g/mol. The van der Waals surface area contributed by atoms with E-state index < -0.39 is 5.56 Å². The fourth-order valence-corrected chi connectivity index (χ4v) is 3.89. The van der Waals surface area contributed by atoms with Crippen molar-refractivity contribution in [1.82, 2.24) is 34.0 Å². The van der Waals surface area contributed by atoms with E-state index in [1.165, 1.54) is 34.4 Å². The van der Waals surface area contributed by atoms with Crippen LogP contribution in [-0.2, 0) is 19.6 Å². The maximum absolute atomic E-state index is 13.3. The Morgan fingerprint density at radius 2 is 1.90 bits per heavy atom. The number of benzene rings is 1. The Bertz CT molecular complexity index is 1360. The topological polar surface area (TPSA) is 111 Å². The number of hydrogen-bond donors (Lipinski definition) is 1. The van der Waals surface area contributed by atoms with Crippen molar-refractivity contribution in [3.63, 3.8) is 0 Å². The summed E-state index contributed by atoms with van der Waals surface area (Å²) in [5, 5.41) is 19.5. The molecule has 5 rings (SSSR count). The minimum Gasteiger partial charge on any atom is -0.505 e. The van der Waals surface area contributed by atoms with Crippen molar-refractivity contribution in [2.75, 3.05) is 13.6 Å². The van der Waals surface area contributed by atoms with Gasteiger partial charge in [0.15, 0.2) is 11.4 Å². The van der Waals surface area contributed by atoms with Crippen LogP contribution in [0.2, 0.25) is 0 Å². The number of aromatic nitrogens is 6. The van der Waals surface area contributed by atoms with E-state index in [1.54, 1.807) is 28.4 Å². The fraction of sp³-hybridized carbons (Fsp3) is 0.250. The number of carbonyl (C=O) groups excluding carboxylic acids is 1. The number of aromatic hydroxyl groups is 1. The van der Waals surface area contributed by atoms with Crippen LogP contribution in [0, 0.1) is 5.82 Å². The molecule has 1 aliphatic heterocycles. The molecule has 0 radical (unpaired) electrons. The van der Waals surface area contributed by atoms with Gasteiger partial charge in [-0.25, -0.2) is 18.7 Å². The van der Waals surface area contributed by atoms with Gasteiger partial charge in [0.2, 0.25) is 0 Å². The summed E-state index contributed by atoms with van der Waals surface area (Å²) in [7, 11) is 1.64. The molecule has 4 aromatic rings. The third-order valence-corrected chi connectivity index (χ3v) is 5.43.